The highest BCUT2D eigenvalue weighted by atomic mass is 32.2. The lowest BCUT2D eigenvalue weighted by Gasteiger charge is -2.34. The summed E-state index contributed by atoms with van der Waals surface area (Å²) in [5, 5.41) is 3.43. The summed E-state index contributed by atoms with van der Waals surface area (Å²) in [6.07, 6.45) is 1.20. The van der Waals surface area contributed by atoms with Crippen LogP contribution in [-0.2, 0) is 0 Å². The van der Waals surface area contributed by atoms with Crippen LogP contribution in [0.4, 0.5) is 11.4 Å². The number of rotatable bonds is 4. The van der Waals surface area contributed by atoms with Crippen molar-refractivity contribution in [3.63, 3.8) is 0 Å². The third kappa shape index (κ3) is 3.32. The van der Waals surface area contributed by atoms with Gasteiger partial charge in [0.2, 0.25) is 0 Å². The molecule has 3 nitrogen and oxygen atoms in total. The molecule has 2 aliphatic rings. The van der Waals surface area contributed by atoms with Gasteiger partial charge in [-0.15, -0.1) is 0 Å². The highest BCUT2D eigenvalue weighted by Crippen LogP contribution is 2.48. The van der Waals surface area contributed by atoms with Crippen LogP contribution in [0.5, 0.6) is 0 Å². The number of benzene rings is 2. The fourth-order valence-corrected chi connectivity index (χ4v) is 4.64. The number of para-hydroxylation sites is 1. The lowest BCUT2D eigenvalue weighted by Crippen LogP contribution is -2.44. The van der Waals surface area contributed by atoms with Gasteiger partial charge in [0.05, 0.1) is 11.4 Å². The molecule has 1 saturated heterocycles. The molecule has 1 N–H and O–H groups in total. The minimum absolute atomic E-state index is 1.08. The zero-order valence-electron chi connectivity index (χ0n) is 14.3. The summed E-state index contributed by atoms with van der Waals surface area (Å²) in [5.74, 6) is 0. The molecule has 126 valence electrons. The van der Waals surface area contributed by atoms with Crippen LogP contribution in [0.25, 0.3) is 0 Å². The molecule has 0 amide bonds. The topological polar surface area (TPSA) is 18.5 Å². The van der Waals surface area contributed by atoms with Crippen molar-refractivity contribution >= 4 is 23.1 Å². The number of aryl methyl sites for hydroxylation is 1. The summed E-state index contributed by atoms with van der Waals surface area (Å²) in [6.45, 7) is 9.08. The van der Waals surface area contributed by atoms with Crippen molar-refractivity contribution in [3.05, 3.63) is 48.0 Å². The Morgan fingerprint density at radius 1 is 0.958 bits per heavy atom. The molecule has 24 heavy (non-hydrogen) atoms. The van der Waals surface area contributed by atoms with Gasteiger partial charge < -0.3 is 15.1 Å². The first-order chi connectivity index (χ1) is 11.8. The monoisotopic (exact) mass is 339 g/mol. The van der Waals surface area contributed by atoms with E-state index in [1.54, 1.807) is 0 Å². The van der Waals surface area contributed by atoms with Crippen molar-refractivity contribution in [2.75, 3.05) is 44.2 Å². The van der Waals surface area contributed by atoms with Crippen molar-refractivity contribution < 1.29 is 0 Å². The highest BCUT2D eigenvalue weighted by Gasteiger charge is 2.23. The molecular formula is C20H25N3S. The number of hydrogen-bond acceptors (Lipinski definition) is 4. The Bertz CT molecular complexity index is 710. The molecule has 2 aliphatic heterocycles. The Labute approximate surface area is 149 Å². The van der Waals surface area contributed by atoms with E-state index in [4.69, 9.17) is 0 Å². The maximum Gasteiger partial charge on any atom is 0.0555 e. The minimum atomic E-state index is 1.08. The molecular weight excluding hydrogens is 314 g/mol. The van der Waals surface area contributed by atoms with Crippen LogP contribution in [0.2, 0.25) is 0 Å². The van der Waals surface area contributed by atoms with Crippen LogP contribution in [0, 0.1) is 6.92 Å². The van der Waals surface area contributed by atoms with E-state index in [9.17, 15) is 0 Å². The molecule has 1 fully saturated rings. The molecule has 4 heteroatoms. The predicted octanol–water partition coefficient (Wildman–Crippen LogP) is 3.89. The van der Waals surface area contributed by atoms with Crippen molar-refractivity contribution in [2.24, 2.45) is 0 Å². The quantitative estimate of drug-likeness (QED) is 0.910. The summed E-state index contributed by atoms with van der Waals surface area (Å²) in [7, 11) is 0. The van der Waals surface area contributed by atoms with E-state index in [0.717, 1.165) is 19.6 Å². The van der Waals surface area contributed by atoms with Crippen molar-refractivity contribution in [3.8, 4) is 0 Å². The maximum absolute atomic E-state index is 3.43. The summed E-state index contributed by atoms with van der Waals surface area (Å²) in [4.78, 5) is 7.85. The zero-order chi connectivity index (χ0) is 16.4. The summed E-state index contributed by atoms with van der Waals surface area (Å²) in [5.41, 5.74) is 4.07. The second-order valence-corrected chi connectivity index (χ2v) is 7.72. The van der Waals surface area contributed by atoms with Gasteiger partial charge in [-0.3, -0.25) is 0 Å². The van der Waals surface area contributed by atoms with Crippen molar-refractivity contribution in [1.82, 2.24) is 10.2 Å². The first-order valence-electron chi connectivity index (χ1n) is 8.89. The molecule has 4 rings (SSSR count). The highest BCUT2D eigenvalue weighted by molar-refractivity contribution is 7.99. The Hall–Kier alpha value is -1.49. The second kappa shape index (κ2) is 7.18. The van der Waals surface area contributed by atoms with E-state index in [1.807, 2.05) is 11.8 Å². The zero-order valence-corrected chi connectivity index (χ0v) is 15.1. The number of nitrogens with one attached hydrogen (secondary N) is 1. The van der Waals surface area contributed by atoms with E-state index < -0.39 is 0 Å². The largest absolute Gasteiger partial charge is 0.340 e. The van der Waals surface area contributed by atoms with Crippen LogP contribution < -0.4 is 10.2 Å². The fourth-order valence-electron chi connectivity index (χ4n) is 3.57. The Morgan fingerprint density at radius 2 is 1.75 bits per heavy atom. The molecule has 0 aromatic heterocycles. The predicted molar refractivity (Wildman–Crippen MR) is 103 cm³/mol. The number of hydrogen-bond donors (Lipinski definition) is 1. The van der Waals surface area contributed by atoms with Gasteiger partial charge in [0.1, 0.15) is 0 Å². The average molecular weight is 340 g/mol. The third-order valence-electron chi connectivity index (χ3n) is 4.85. The summed E-state index contributed by atoms with van der Waals surface area (Å²) < 4.78 is 0. The fraction of sp³-hybridized carbons (Fsp3) is 0.400. The van der Waals surface area contributed by atoms with Gasteiger partial charge in [0.15, 0.2) is 0 Å². The minimum Gasteiger partial charge on any atom is -0.340 e. The SMILES string of the molecule is Cc1ccc2c(c1)N(CCCN1CCNCC1)c1ccccc1S2. The lowest BCUT2D eigenvalue weighted by molar-refractivity contribution is 0.239. The van der Waals surface area contributed by atoms with E-state index in [0.29, 0.717) is 0 Å². The number of anilines is 2. The molecule has 0 atom stereocenters. The van der Waals surface area contributed by atoms with Gasteiger partial charge >= 0.3 is 0 Å². The standard InChI is InChI=1S/C20H25N3S/c1-16-7-8-20-18(15-16)23(17-5-2-3-6-19(17)24-20)12-4-11-22-13-9-21-10-14-22/h2-3,5-8,15,21H,4,9-14H2,1H3. The molecule has 2 heterocycles. The number of fused-ring (bicyclic) bond motifs is 2. The van der Waals surface area contributed by atoms with E-state index in [-0.39, 0.29) is 0 Å². The summed E-state index contributed by atoms with van der Waals surface area (Å²) >= 11 is 1.90. The van der Waals surface area contributed by atoms with Crippen LogP contribution in [0.15, 0.2) is 52.3 Å². The summed E-state index contributed by atoms with van der Waals surface area (Å²) in [6, 6.07) is 15.6. The second-order valence-electron chi connectivity index (χ2n) is 6.64. The normalized spacial score (nSPS) is 17.5. The lowest BCUT2D eigenvalue weighted by atomic mass is 10.1. The Kier molecular flexibility index (Phi) is 4.79. The molecule has 0 bridgehead atoms. The Morgan fingerprint density at radius 3 is 2.62 bits per heavy atom. The van der Waals surface area contributed by atoms with Gasteiger partial charge in [0.25, 0.3) is 0 Å². The van der Waals surface area contributed by atoms with E-state index >= 15 is 0 Å². The first kappa shape index (κ1) is 16.0. The van der Waals surface area contributed by atoms with Gasteiger partial charge in [-0.05, 0) is 49.7 Å². The average Bonchev–Trinajstić information content (AvgIpc) is 2.62. The maximum atomic E-state index is 3.43. The van der Waals surface area contributed by atoms with Crippen molar-refractivity contribution in [1.29, 1.82) is 0 Å². The van der Waals surface area contributed by atoms with Crippen LogP contribution in [0.1, 0.15) is 12.0 Å². The molecule has 2 aromatic rings. The third-order valence-corrected chi connectivity index (χ3v) is 5.98. The number of nitrogens with zero attached hydrogens (tertiary/aromatic N) is 2. The van der Waals surface area contributed by atoms with Gasteiger partial charge in [-0.2, -0.15) is 0 Å². The van der Waals surface area contributed by atoms with Gasteiger partial charge in [0, 0.05) is 42.5 Å². The van der Waals surface area contributed by atoms with Crippen LogP contribution >= 0.6 is 11.8 Å². The number of piperazine rings is 1. The smallest absolute Gasteiger partial charge is 0.0555 e. The molecule has 0 aliphatic carbocycles. The molecule has 2 aromatic carbocycles. The Balaban J connectivity index is 1.53. The van der Waals surface area contributed by atoms with Gasteiger partial charge in [-0.25, -0.2) is 0 Å². The van der Waals surface area contributed by atoms with Crippen molar-refractivity contribution in [2.45, 2.75) is 23.1 Å². The van der Waals surface area contributed by atoms with Crippen LogP contribution in [-0.4, -0.2) is 44.2 Å². The molecule has 0 spiro atoms. The van der Waals surface area contributed by atoms with Crippen LogP contribution in [0.3, 0.4) is 0 Å². The molecule has 0 radical (unpaired) electrons. The molecule has 0 unspecified atom stereocenters. The van der Waals surface area contributed by atoms with E-state index in [1.165, 1.54) is 52.8 Å². The van der Waals surface area contributed by atoms with E-state index in [2.05, 4.69) is 64.5 Å². The molecule has 0 saturated carbocycles. The van der Waals surface area contributed by atoms with Gasteiger partial charge in [-0.1, -0.05) is 30.0 Å². The first-order valence-corrected chi connectivity index (χ1v) is 9.71.